The summed E-state index contributed by atoms with van der Waals surface area (Å²) in [5.41, 5.74) is 0.728. The summed E-state index contributed by atoms with van der Waals surface area (Å²) in [6.45, 7) is 3.10. The lowest BCUT2D eigenvalue weighted by atomic mass is 10.3. The van der Waals surface area contributed by atoms with Gasteiger partial charge in [0.2, 0.25) is 0 Å². The minimum absolute atomic E-state index is 0.643. The monoisotopic (exact) mass is 362 g/mol. The molecule has 0 radical (unpaired) electrons. The Kier molecular flexibility index (Phi) is 5.50. The van der Waals surface area contributed by atoms with Crippen molar-refractivity contribution in [1.29, 1.82) is 0 Å². The predicted molar refractivity (Wildman–Crippen MR) is 104 cm³/mol. The minimum Gasteiger partial charge on any atom is -0.449 e. The molecule has 0 unspecified atom stereocenters. The average molecular weight is 362 g/mol. The number of aromatic nitrogens is 1. The first kappa shape index (κ1) is 17.4. The van der Waals surface area contributed by atoms with E-state index in [1.807, 2.05) is 78.9 Å². The van der Waals surface area contributed by atoms with E-state index in [4.69, 9.17) is 19.2 Å². The highest BCUT2D eigenvalue weighted by Gasteiger charge is 2.20. The maximum Gasteiger partial charge on any atom is 0.284 e. The number of para-hydroxylation sites is 2. The van der Waals surface area contributed by atoms with E-state index in [9.17, 15) is 0 Å². The zero-order chi connectivity index (χ0) is 18.3. The largest absolute Gasteiger partial charge is 0.449 e. The summed E-state index contributed by atoms with van der Waals surface area (Å²) in [5, 5.41) is 0. The number of morpholine rings is 1. The van der Waals surface area contributed by atoms with Gasteiger partial charge >= 0.3 is 0 Å². The van der Waals surface area contributed by atoms with Crippen LogP contribution in [0.2, 0.25) is 0 Å². The number of pyridine rings is 1. The fraction of sp³-hybridized carbons (Fsp3) is 0.227. The van der Waals surface area contributed by atoms with Crippen molar-refractivity contribution >= 4 is 5.82 Å². The van der Waals surface area contributed by atoms with E-state index in [-0.39, 0.29) is 0 Å². The Bertz CT molecular complexity index is 795. The molecule has 0 atom stereocenters. The number of anilines is 1. The predicted octanol–water partition coefficient (Wildman–Crippen LogP) is 4.07. The van der Waals surface area contributed by atoms with Gasteiger partial charge in [-0.3, -0.25) is 0 Å². The first-order chi connectivity index (χ1) is 13.4. The van der Waals surface area contributed by atoms with Crippen LogP contribution in [0, 0.1) is 0 Å². The van der Waals surface area contributed by atoms with Gasteiger partial charge in [-0.25, -0.2) is 4.98 Å². The summed E-state index contributed by atoms with van der Waals surface area (Å²) < 4.78 is 17.7. The van der Waals surface area contributed by atoms with Crippen LogP contribution in [0.15, 0.2) is 78.9 Å². The van der Waals surface area contributed by atoms with Gasteiger partial charge < -0.3 is 19.1 Å². The molecule has 3 aromatic rings. The Morgan fingerprint density at radius 2 is 1.33 bits per heavy atom. The molecule has 5 nitrogen and oxygen atoms in total. The number of benzene rings is 2. The van der Waals surface area contributed by atoms with Crippen molar-refractivity contribution in [2.24, 2.45) is 0 Å². The Balaban J connectivity index is 1.61. The van der Waals surface area contributed by atoms with Crippen LogP contribution in [0.5, 0.6) is 11.5 Å². The van der Waals surface area contributed by atoms with E-state index < -0.39 is 6.29 Å². The zero-order valence-corrected chi connectivity index (χ0v) is 15.0. The molecule has 0 N–H and O–H groups in total. The smallest absolute Gasteiger partial charge is 0.284 e. The third-order valence-electron chi connectivity index (χ3n) is 4.31. The van der Waals surface area contributed by atoms with E-state index in [1.54, 1.807) is 0 Å². The highest BCUT2D eigenvalue weighted by atomic mass is 16.7. The molecule has 1 aliphatic rings. The van der Waals surface area contributed by atoms with Crippen molar-refractivity contribution in [2.45, 2.75) is 6.29 Å². The molecule has 138 valence electrons. The summed E-state index contributed by atoms with van der Waals surface area (Å²) in [6.07, 6.45) is -0.643. The van der Waals surface area contributed by atoms with Crippen LogP contribution in [0.4, 0.5) is 5.82 Å². The lowest BCUT2D eigenvalue weighted by Gasteiger charge is -2.28. The minimum atomic E-state index is -0.643. The van der Waals surface area contributed by atoms with Crippen LogP contribution in [0.1, 0.15) is 12.0 Å². The number of hydrogen-bond acceptors (Lipinski definition) is 5. The van der Waals surface area contributed by atoms with Crippen LogP contribution in [-0.2, 0) is 4.74 Å². The number of rotatable bonds is 6. The van der Waals surface area contributed by atoms with Gasteiger partial charge in [-0.15, -0.1) is 0 Å². The Morgan fingerprint density at radius 1 is 0.741 bits per heavy atom. The molecule has 0 amide bonds. The van der Waals surface area contributed by atoms with E-state index in [1.165, 1.54) is 0 Å². The van der Waals surface area contributed by atoms with E-state index in [2.05, 4.69) is 4.90 Å². The quantitative estimate of drug-likeness (QED) is 0.619. The molecule has 4 rings (SSSR count). The van der Waals surface area contributed by atoms with Crippen molar-refractivity contribution in [3.63, 3.8) is 0 Å². The molecule has 2 heterocycles. The van der Waals surface area contributed by atoms with Gasteiger partial charge in [0, 0.05) is 13.1 Å². The molecule has 0 aliphatic carbocycles. The van der Waals surface area contributed by atoms with E-state index in [0.717, 1.165) is 49.3 Å². The molecular formula is C22H22N2O3. The van der Waals surface area contributed by atoms with Gasteiger partial charge in [0.25, 0.3) is 6.29 Å². The number of hydrogen-bond donors (Lipinski definition) is 0. The lowest BCUT2D eigenvalue weighted by molar-refractivity contribution is 0.000371. The maximum atomic E-state index is 6.12. The molecule has 5 heteroatoms. The second-order valence-electron chi connectivity index (χ2n) is 6.21. The van der Waals surface area contributed by atoms with Crippen molar-refractivity contribution in [3.8, 4) is 11.5 Å². The van der Waals surface area contributed by atoms with Crippen LogP contribution in [-0.4, -0.2) is 31.3 Å². The Hall–Kier alpha value is -3.05. The van der Waals surface area contributed by atoms with Crippen molar-refractivity contribution in [3.05, 3.63) is 84.6 Å². The fourth-order valence-corrected chi connectivity index (χ4v) is 2.93. The molecule has 1 fully saturated rings. The SMILES string of the molecule is c1ccc(OC(Oc2ccccc2)c2cccc(N3CCOCC3)n2)cc1. The molecule has 0 spiro atoms. The summed E-state index contributed by atoms with van der Waals surface area (Å²) in [4.78, 5) is 7.03. The van der Waals surface area contributed by atoms with Crippen LogP contribution in [0.3, 0.4) is 0 Å². The van der Waals surface area contributed by atoms with Gasteiger partial charge in [-0.05, 0) is 36.4 Å². The van der Waals surface area contributed by atoms with Crippen molar-refractivity contribution in [1.82, 2.24) is 4.98 Å². The maximum absolute atomic E-state index is 6.12. The lowest BCUT2D eigenvalue weighted by Crippen LogP contribution is -2.37. The van der Waals surface area contributed by atoms with Gasteiger partial charge in [0.15, 0.2) is 0 Å². The third-order valence-corrected chi connectivity index (χ3v) is 4.31. The van der Waals surface area contributed by atoms with Gasteiger partial charge in [0.05, 0.1) is 13.2 Å². The first-order valence-corrected chi connectivity index (χ1v) is 9.11. The molecule has 1 aromatic heterocycles. The summed E-state index contributed by atoms with van der Waals surface area (Å²) in [5.74, 6) is 2.38. The second kappa shape index (κ2) is 8.56. The molecular weight excluding hydrogens is 340 g/mol. The van der Waals surface area contributed by atoms with Crippen molar-refractivity contribution < 1.29 is 14.2 Å². The summed E-state index contributed by atoms with van der Waals surface area (Å²) in [7, 11) is 0. The number of nitrogens with zero attached hydrogens (tertiary/aromatic N) is 2. The van der Waals surface area contributed by atoms with Crippen LogP contribution >= 0.6 is 0 Å². The fourth-order valence-electron chi connectivity index (χ4n) is 2.93. The topological polar surface area (TPSA) is 43.8 Å². The normalized spacial score (nSPS) is 14.2. The van der Waals surface area contributed by atoms with Gasteiger partial charge in [-0.1, -0.05) is 42.5 Å². The second-order valence-corrected chi connectivity index (χ2v) is 6.21. The number of ether oxygens (including phenoxy) is 3. The van der Waals surface area contributed by atoms with Gasteiger partial charge in [0.1, 0.15) is 23.0 Å². The van der Waals surface area contributed by atoms with Crippen LogP contribution in [0.25, 0.3) is 0 Å². The molecule has 27 heavy (non-hydrogen) atoms. The third kappa shape index (κ3) is 4.57. The Morgan fingerprint density at radius 3 is 1.93 bits per heavy atom. The highest BCUT2D eigenvalue weighted by molar-refractivity contribution is 5.40. The Labute approximate surface area is 159 Å². The summed E-state index contributed by atoms with van der Waals surface area (Å²) >= 11 is 0. The average Bonchev–Trinajstić information content (AvgIpc) is 2.75. The molecule has 0 bridgehead atoms. The van der Waals surface area contributed by atoms with Crippen LogP contribution < -0.4 is 14.4 Å². The zero-order valence-electron chi connectivity index (χ0n) is 15.0. The van der Waals surface area contributed by atoms with E-state index in [0.29, 0.717) is 0 Å². The summed E-state index contributed by atoms with van der Waals surface area (Å²) in [6, 6.07) is 25.2. The highest BCUT2D eigenvalue weighted by Crippen LogP contribution is 2.26. The van der Waals surface area contributed by atoms with E-state index >= 15 is 0 Å². The molecule has 2 aromatic carbocycles. The standard InChI is InChI=1S/C22H22N2O3/c1-3-8-18(9-4-1)26-22(27-19-10-5-2-6-11-19)20-12-7-13-21(23-20)24-14-16-25-17-15-24/h1-13,22H,14-17H2. The van der Waals surface area contributed by atoms with Gasteiger partial charge in [-0.2, -0.15) is 0 Å². The molecule has 1 aliphatic heterocycles. The molecule has 1 saturated heterocycles. The van der Waals surface area contributed by atoms with Crippen molar-refractivity contribution in [2.75, 3.05) is 31.2 Å². The molecule has 0 saturated carbocycles. The first-order valence-electron chi connectivity index (χ1n) is 9.11.